The van der Waals surface area contributed by atoms with Crippen LogP contribution in [0.2, 0.25) is 0 Å². The molecule has 1 N–H and O–H groups in total. The Hall–Kier alpha value is -2.94. The van der Waals surface area contributed by atoms with Gasteiger partial charge < -0.3 is 15.0 Å². The maximum atomic E-state index is 14.1. The SMILES string of the molecule is CCOC(=O)C1=C(CN2CCN(C(=O)C3CCCC3)[C@@H](C)C2)N(CC)C(=O)N[C@@H]1c1cccc(F)c1. The van der Waals surface area contributed by atoms with Gasteiger partial charge in [-0.1, -0.05) is 25.0 Å². The number of piperazine rings is 1. The second kappa shape index (κ2) is 11.4. The van der Waals surface area contributed by atoms with E-state index in [0.29, 0.717) is 49.6 Å². The summed E-state index contributed by atoms with van der Waals surface area (Å²) in [4.78, 5) is 45.1. The molecule has 2 aliphatic heterocycles. The van der Waals surface area contributed by atoms with E-state index in [0.717, 1.165) is 25.7 Å². The first-order chi connectivity index (χ1) is 17.3. The van der Waals surface area contributed by atoms with Crippen LogP contribution in [0.15, 0.2) is 35.5 Å². The van der Waals surface area contributed by atoms with Crippen molar-refractivity contribution in [1.82, 2.24) is 20.0 Å². The van der Waals surface area contributed by atoms with Gasteiger partial charge in [0, 0.05) is 50.4 Å². The van der Waals surface area contributed by atoms with E-state index in [4.69, 9.17) is 4.74 Å². The molecule has 0 bridgehead atoms. The zero-order chi connectivity index (χ0) is 25.8. The number of hydrogen-bond acceptors (Lipinski definition) is 5. The number of hydrogen-bond donors (Lipinski definition) is 1. The monoisotopic (exact) mass is 500 g/mol. The van der Waals surface area contributed by atoms with E-state index in [1.165, 1.54) is 12.1 Å². The fourth-order valence-electron chi connectivity index (χ4n) is 5.72. The molecule has 2 atom stereocenters. The molecule has 1 saturated heterocycles. The van der Waals surface area contributed by atoms with Crippen LogP contribution in [0.25, 0.3) is 0 Å². The molecule has 2 heterocycles. The molecule has 0 unspecified atom stereocenters. The van der Waals surface area contributed by atoms with Gasteiger partial charge in [0.25, 0.3) is 0 Å². The molecule has 196 valence electrons. The summed E-state index contributed by atoms with van der Waals surface area (Å²) in [6.45, 7) is 8.46. The van der Waals surface area contributed by atoms with Gasteiger partial charge in [-0.3, -0.25) is 14.6 Å². The molecule has 2 fully saturated rings. The number of esters is 1. The summed E-state index contributed by atoms with van der Waals surface area (Å²) >= 11 is 0. The lowest BCUT2D eigenvalue weighted by Gasteiger charge is -2.43. The van der Waals surface area contributed by atoms with Crippen molar-refractivity contribution in [2.75, 3.05) is 39.3 Å². The number of rotatable bonds is 7. The molecule has 1 aliphatic carbocycles. The number of amides is 3. The summed E-state index contributed by atoms with van der Waals surface area (Å²) in [6.07, 6.45) is 4.20. The predicted molar refractivity (Wildman–Crippen MR) is 133 cm³/mol. The average Bonchev–Trinajstić information content (AvgIpc) is 3.39. The number of likely N-dealkylation sites (N-methyl/N-ethyl adjacent to an activating group) is 1. The fourth-order valence-corrected chi connectivity index (χ4v) is 5.72. The van der Waals surface area contributed by atoms with Crippen LogP contribution >= 0.6 is 0 Å². The Kier molecular flexibility index (Phi) is 8.28. The number of nitrogens with zero attached hydrogens (tertiary/aromatic N) is 3. The summed E-state index contributed by atoms with van der Waals surface area (Å²) in [5.74, 6) is -0.573. The van der Waals surface area contributed by atoms with E-state index in [2.05, 4.69) is 17.1 Å². The summed E-state index contributed by atoms with van der Waals surface area (Å²) in [7, 11) is 0. The smallest absolute Gasteiger partial charge is 0.338 e. The molecule has 8 nitrogen and oxygen atoms in total. The number of carbonyl (C=O) groups is 3. The highest BCUT2D eigenvalue weighted by atomic mass is 19.1. The van der Waals surface area contributed by atoms with Gasteiger partial charge in [-0.2, -0.15) is 0 Å². The van der Waals surface area contributed by atoms with Gasteiger partial charge in [0.05, 0.1) is 18.2 Å². The topological polar surface area (TPSA) is 82.2 Å². The lowest BCUT2D eigenvalue weighted by atomic mass is 9.94. The zero-order valence-electron chi connectivity index (χ0n) is 21.5. The van der Waals surface area contributed by atoms with Crippen molar-refractivity contribution in [2.45, 2.75) is 58.5 Å². The number of benzene rings is 1. The van der Waals surface area contributed by atoms with E-state index in [-0.39, 0.29) is 30.5 Å². The molecule has 36 heavy (non-hydrogen) atoms. The Bertz CT molecular complexity index is 1020. The molecular formula is C27H37FN4O4. The Labute approximate surface area is 212 Å². The molecule has 3 aliphatic rings. The average molecular weight is 501 g/mol. The van der Waals surface area contributed by atoms with Crippen LogP contribution in [-0.4, -0.2) is 78.0 Å². The number of nitrogens with one attached hydrogen (secondary N) is 1. The zero-order valence-corrected chi connectivity index (χ0v) is 21.5. The van der Waals surface area contributed by atoms with Crippen LogP contribution in [0, 0.1) is 11.7 Å². The third-order valence-electron chi connectivity index (χ3n) is 7.50. The van der Waals surface area contributed by atoms with Crippen molar-refractivity contribution < 1.29 is 23.5 Å². The van der Waals surface area contributed by atoms with Crippen LogP contribution in [-0.2, 0) is 14.3 Å². The highest BCUT2D eigenvalue weighted by molar-refractivity contribution is 5.95. The first-order valence-electron chi connectivity index (χ1n) is 13.1. The lowest BCUT2D eigenvalue weighted by molar-refractivity contribution is -0.140. The van der Waals surface area contributed by atoms with Gasteiger partial charge in [-0.25, -0.2) is 14.0 Å². The highest BCUT2D eigenvalue weighted by Gasteiger charge is 2.40. The maximum absolute atomic E-state index is 14.1. The van der Waals surface area contributed by atoms with Gasteiger partial charge in [0.15, 0.2) is 0 Å². The van der Waals surface area contributed by atoms with E-state index in [1.807, 2.05) is 11.8 Å². The van der Waals surface area contributed by atoms with Crippen molar-refractivity contribution in [3.05, 3.63) is 46.9 Å². The molecule has 9 heteroatoms. The van der Waals surface area contributed by atoms with Crippen LogP contribution in [0.1, 0.15) is 58.1 Å². The molecule has 1 aromatic carbocycles. The van der Waals surface area contributed by atoms with Gasteiger partial charge >= 0.3 is 12.0 Å². The predicted octanol–water partition coefficient (Wildman–Crippen LogP) is 3.45. The summed E-state index contributed by atoms with van der Waals surface area (Å²) in [5.41, 5.74) is 1.37. The van der Waals surface area contributed by atoms with Crippen molar-refractivity contribution in [3.63, 3.8) is 0 Å². The number of urea groups is 1. The Morgan fingerprint density at radius 2 is 1.92 bits per heavy atom. The molecule has 1 saturated carbocycles. The molecule has 0 radical (unpaired) electrons. The van der Waals surface area contributed by atoms with Gasteiger partial charge in [-0.15, -0.1) is 0 Å². The number of ether oxygens (including phenoxy) is 1. The third-order valence-corrected chi connectivity index (χ3v) is 7.50. The maximum Gasteiger partial charge on any atom is 0.338 e. The standard InChI is InChI=1S/C27H37FN4O4/c1-4-31-22(17-30-13-14-32(18(3)16-30)25(33)19-9-6-7-10-19)23(26(34)36-5-2)24(29-27(31)35)20-11-8-12-21(28)15-20/h8,11-12,15,18-19,24H,4-7,9-10,13-14,16-17H2,1-3H3,(H,29,35)/t18-,24+/m0/s1. The summed E-state index contributed by atoms with van der Waals surface area (Å²) in [6, 6.07) is 4.80. The quantitative estimate of drug-likeness (QED) is 0.580. The van der Waals surface area contributed by atoms with Crippen LogP contribution in [0.4, 0.5) is 9.18 Å². The molecule has 4 rings (SSSR count). The van der Waals surface area contributed by atoms with E-state index < -0.39 is 17.8 Å². The minimum atomic E-state index is -0.812. The number of halogens is 1. The third kappa shape index (κ3) is 5.40. The first kappa shape index (κ1) is 26.1. The van der Waals surface area contributed by atoms with Crippen LogP contribution in [0.5, 0.6) is 0 Å². The molecule has 0 spiro atoms. The van der Waals surface area contributed by atoms with Crippen molar-refractivity contribution in [2.24, 2.45) is 5.92 Å². The molecular weight excluding hydrogens is 463 g/mol. The van der Waals surface area contributed by atoms with Crippen molar-refractivity contribution >= 4 is 17.9 Å². The normalized spacial score (nSPS) is 23.7. The van der Waals surface area contributed by atoms with Gasteiger partial charge in [0.2, 0.25) is 5.91 Å². The largest absolute Gasteiger partial charge is 0.463 e. The van der Waals surface area contributed by atoms with Crippen LogP contribution < -0.4 is 5.32 Å². The number of carbonyl (C=O) groups excluding carboxylic acids is 3. The molecule has 0 aromatic heterocycles. The highest BCUT2D eigenvalue weighted by Crippen LogP contribution is 2.33. The summed E-state index contributed by atoms with van der Waals surface area (Å²) in [5, 5.41) is 2.87. The Balaban J connectivity index is 1.62. The first-order valence-corrected chi connectivity index (χ1v) is 13.1. The van der Waals surface area contributed by atoms with E-state index in [9.17, 15) is 18.8 Å². The molecule has 3 amide bonds. The van der Waals surface area contributed by atoms with Gasteiger partial charge in [-0.05, 0) is 51.3 Å². The van der Waals surface area contributed by atoms with E-state index in [1.54, 1.807) is 24.0 Å². The second-order valence-electron chi connectivity index (χ2n) is 9.86. The molecule has 1 aromatic rings. The van der Waals surface area contributed by atoms with Crippen LogP contribution in [0.3, 0.4) is 0 Å². The lowest BCUT2D eigenvalue weighted by Crippen LogP contribution is -2.57. The minimum Gasteiger partial charge on any atom is -0.463 e. The minimum absolute atomic E-state index is 0.0324. The summed E-state index contributed by atoms with van der Waals surface area (Å²) < 4.78 is 19.5. The Morgan fingerprint density at radius 1 is 1.17 bits per heavy atom. The second-order valence-corrected chi connectivity index (χ2v) is 9.86. The van der Waals surface area contributed by atoms with E-state index >= 15 is 0 Å². The Morgan fingerprint density at radius 3 is 2.56 bits per heavy atom. The van der Waals surface area contributed by atoms with Crippen molar-refractivity contribution in [1.29, 1.82) is 0 Å². The van der Waals surface area contributed by atoms with Gasteiger partial charge in [0.1, 0.15) is 5.82 Å². The fraction of sp³-hybridized carbons (Fsp3) is 0.593. The van der Waals surface area contributed by atoms with Crippen molar-refractivity contribution in [3.8, 4) is 0 Å².